The number of hydrogen-bond acceptors (Lipinski definition) is 3. The predicted molar refractivity (Wildman–Crippen MR) is 74.9 cm³/mol. The molecule has 0 bridgehead atoms. The van der Waals surface area contributed by atoms with Crippen LogP contribution in [0.25, 0.3) is 0 Å². The number of rotatable bonds is 8. The van der Waals surface area contributed by atoms with Crippen LogP contribution >= 0.6 is 0 Å². The normalized spacial score (nSPS) is 10.8. The van der Waals surface area contributed by atoms with Crippen LogP contribution in [0.3, 0.4) is 0 Å². The molecule has 1 aromatic rings. The van der Waals surface area contributed by atoms with Gasteiger partial charge >= 0.3 is 0 Å². The molecule has 0 spiro atoms. The molecule has 1 aromatic carbocycles. The Morgan fingerprint density at radius 3 is 2.72 bits per heavy atom. The summed E-state index contributed by atoms with van der Waals surface area (Å²) < 4.78 is 0. The molecule has 1 rings (SSSR count). The molecular formula is C14H23N3O. The number of nitrogen functional groups attached to an aromatic ring is 1. The van der Waals surface area contributed by atoms with Crippen LogP contribution in [0.5, 0.6) is 0 Å². The van der Waals surface area contributed by atoms with Gasteiger partial charge in [-0.25, -0.2) is 0 Å². The zero-order valence-corrected chi connectivity index (χ0v) is 11.1. The lowest BCUT2D eigenvalue weighted by atomic mass is 10.1. The maximum Gasteiger partial charge on any atom is 0.231 e. The molecule has 0 aliphatic heterocycles. The average molecular weight is 249 g/mol. The molecule has 0 saturated carbocycles. The Bertz CT molecular complexity index is 379. The quantitative estimate of drug-likeness (QED) is 0.544. The Morgan fingerprint density at radius 1 is 1.33 bits per heavy atom. The van der Waals surface area contributed by atoms with E-state index < -0.39 is 0 Å². The summed E-state index contributed by atoms with van der Waals surface area (Å²) in [5.74, 6) is -0.282. The van der Waals surface area contributed by atoms with E-state index in [0.717, 1.165) is 30.8 Å². The lowest BCUT2D eigenvalue weighted by molar-refractivity contribution is -0.119. The van der Waals surface area contributed by atoms with Crippen LogP contribution in [0.4, 0.5) is 5.69 Å². The van der Waals surface area contributed by atoms with Gasteiger partial charge in [0.2, 0.25) is 5.91 Å². The number of primary amides is 1. The van der Waals surface area contributed by atoms with Crippen molar-refractivity contribution < 1.29 is 4.79 Å². The lowest BCUT2D eigenvalue weighted by Gasteiger charge is -2.20. The van der Waals surface area contributed by atoms with Crippen molar-refractivity contribution in [1.82, 2.24) is 4.90 Å². The third-order valence-corrected chi connectivity index (χ3v) is 2.81. The first-order valence-corrected chi connectivity index (χ1v) is 6.47. The van der Waals surface area contributed by atoms with Crippen LogP contribution in [0.2, 0.25) is 0 Å². The number of nitrogens with two attached hydrogens (primary N) is 2. The van der Waals surface area contributed by atoms with Gasteiger partial charge in [-0.3, -0.25) is 9.69 Å². The van der Waals surface area contributed by atoms with Crippen molar-refractivity contribution in [2.75, 3.05) is 18.8 Å². The summed E-state index contributed by atoms with van der Waals surface area (Å²) in [6, 6.07) is 7.75. The maximum absolute atomic E-state index is 11.1. The predicted octanol–water partition coefficient (Wildman–Crippen LogP) is 1.75. The van der Waals surface area contributed by atoms with Crippen LogP contribution in [0.1, 0.15) is 31.7 Å². The number of nitrogens with zero attached hydrogens (tertiary/aromatic N) is 1. The molecule has 0 atom stereocenters. The standard InChI is InChI=1S/C14H23N3O/c1-2-3-4-8-17(11-14(16)18)10-12-6-5-7-13(15)9-12/h5-7,9H,2-4,8,10-11,15H2,1H3,(H2,16,18). The lowest BCUT2D eigenvalue weighted by Crippen LogP contribution is -2.34. The third kappa shape index (κ3) is 5.68. The van der Waals surface area contributed by atoms with Gasteiger partial charge in [-0.1, -0.05) is 31.9 Å². The number of anilines is 1. The Hall–Kier alpha value is -1.55. The fourth-order valence-electron chi connectivity index (χ4n) is 1.97. The second-order valence-corrected chi connectivity index (χ2v) is 4.63. The van der Waals surface area contributed by atoms with E-state index >= 15 is 0 Å². The van der Waals surface area contributed by atoms with Gasteiger partial charge in [-0.05, 0) is 30.7 Å². The number of carbonyl (C=O) groups excluding carboxylic acids is 1. The van der Waals surface area contributed by atoms with E-state index in [1.807, 2.05) is 24.3 Å². The van der Waals surface area contributed by atoms with Gasteiger partial charge in [0.15, 0.2) is 0 Å². The number of unbranched alkanes of at least 4 members (excludes halogenated alkanes) is 2. The van der Waals surface area contributed by atoms with Crippen LogP contribution < -0.4 is 11.5 Å². The van der Waals surface area contributed by atoms with Crippen LogP contribution in [-0.4, -0.2) is 23.9 Å². The molecule has 0 heterocycles. The van der Waals surface area contributed by atoms with Gasteiger partial charge in [0.1, 0.15) is 0 Å². The number of carbonyl (C=O) groups is 1. The highest BCUT2D eigenvalue weighted by molar-refractivity contribution is 5.75. The van der Waals surface area contributed by atoms with E-state index in [0.29, 0.717) is 6.54 Å². The number of amides is 1. The van der Waals surface area contributed by atoms with E-state index in [1.165, 1.54) is 12.8 Å². The van der Waals surface area contributed by atoms with Gasteiger partial charge in [-0.2, -0.15) is 0 Å². The highest BCUT2D eigenvalue weighted by Crippen LogP contribution is 2.10. The van der Waals surface area contributed by atoms with Crippen molar-refractivity contribution in [3.8, 4) is 0 Å². The Morgan fingerprint density at radius 2 is 2.11 bits per heavy atom. The zero-order valence-electron chi connectivity index (χ0n) is 11.1. The van der Waals surface area contributed by atoms with Gasteiger partial charge in [0, 0.05) is 12.2 Å². The minimum absolute atomic E-state index is 0.282. The van der Waals surface area contributed by atoms with Crippen LogP contribution in [0.15, 0.2) is 24.3 Å². The van der Waals surface area contributed by atoms with Crippen molar-refractivity contribution >= 4 is 11.6 Å². The molecule has 4 N–H and O–H groups in total. The molecule has 0 aromatic heterocycles. The van der Waals surface area contributed by atoms with Gasteiger partial charge in [-0.15, -0.1) is 0 Å². The molecule has 0 aliphatic rings. The van der Waals surface area contributed by atoms with Gasteiger partial charge in [0.05, 0.1) is 6.54 Å². The molecule has 0 radical (unpaired) electrons. The van der Waals surface area contributed by atoms with Gasteiger partial charge < -0.3 is 11.5 Å². The molecule has 0 aliphatic carbocycles. The molecule has 1 amide bonds. The summed E-state index contributed by atoms with van der Waals surface area (Å²) in [5.41, 5.74) is 12.9. The van der Waals surface area contributed by atoms with Crippen LogP contribution in [0, 0.1) is 0 Å². The highest BCUT2D eigenvalue weighted by Gasteiger charge is 2.08. The smallest absolute Gasteiger partial charge is 0.231 e. The molecule has 4 nitrogen and oxygen atoms in total. The Labute approximate surface area is 109 Å². The monoisotopic (exact) mass is 249 g/mol. The second kappa shape index (κ2) is 7.71. The average Bonchev–Trinajstić information content (AvgIpc) is 2.28. The molecule has 0 unspecified atom stereocenters. The molecule has 4 heteroatoms. The minimum Gasteiger partial charge on any atom is -0.399 e. The number of benzene rings is 1. The first-order chi connectivity index (χ1) is 8.61. The van der Waals surface area contributed by atoms with E-state index in [4.69, 9.17) is 11.5 Å². The summed E-state index contributed by atoms with van der Waals surface area (Å²) in [7, 11) is 0. The van der Waals surface area contributed by atoms with E-state index in [-0.39, 0.29) is 5.91 Å². The van der Waals surface area contributed by atoms with E-state index in [1.54, 1.807) is 0 Å². The van der Waals surface area contributed by atoms with E-state index in [9.17, 15) is 4.79 Å². The Kier molecular flexibility index (Phi) is 6.22. The largest absolute Gasteiger partial charge is 0.399 e. The first-order valence-electron chi connectivity index (χ1n) is 6.47. The van der Waals surface area contributed by atoms with Crippen molar-refractivity contribution in [3.05, 3.63) is 29.8 Å². The topological polar surface area (TPSA) is 72.3 Å². The molecule has 100 valence electrons. The maximum atomic E-state index is 11.1. The highest BCUT2D eigenvalue weighted by atomic mass is 16.1. The first kappa shape index (κ1) is 14.5. The van der Waals surface area contributed by atoms with Crippen molar-refractivity contribution in [3.63, 3.8) is 0 Å². The number of hydrogen-bond donors (Lipinski definition) is 2. The second-order valence-electron chi connectivity index (χ2n) is 4.63. The van der Waals surface area contributed by atoms with Gasteiger partial charge in [0.25, 0.3) is 0 Å². The Balaban J connectivity index is 2.56. The minimum atomic E-state index is -0.282. The summed E-state index contributed by atoms with van der Waals surface area (Å²) in [6.45, 7) is 4.08. The molecule has 0 fully saturated rings. The summed E-state index contributed by atoms with van der Waals surface area (Å²) in [6.07, 6.45) is 3.43. The van der Waals surface area contributed by atoms with Crippen molar-refractivity contribution in [2.24, 2.45) is 5.73 Å². The fraction of sp³-hybridized carbons (Fsp3) is 0.500. The SMILES string of the molecule is CCCCCN(CC(N)=O)Cc1cccc(N)c1. The van der Waals surface area contributed by atoms with Crippen molar-refractivity contribution in [1.29, 1.82) is 0 Å². The molecule has 18 heavy (non-hydrogen) atoms. The summed E-state index contributed by atoms with van der Waals surface area (Å²) >= 11 is 0. The van der Waals surface area contributed by atoms with Crippen molar-refractivity contribution in [2.45, 2.75) is 32.7 Å². The van der Waals surface area contributed by atoms with E-state index in [2.05, 4.69) is 11.8 Å². The fourth-order valence-corrected chi connectivity index (χ4v) is 1.97. The molecular weight excluding hydrogens is 226 g/mol. The summed E-state index contributed by atoms with van der Waals surface area (Å²) in [4.78, 5) is 13.1. The zero-order chi connectivity index (χ0) is 13.4. The molecule has 0 saturated heterocycles. The summed E-state index contributed by atoms with van der Waals surface area (Å²) in [5, 5.41) is 0. The van der Waals surface area contributed by atoms with Crippen LogP contribution in [-0.2, 0) is 11.3 Å². The third-order valence-electron chi connectivity index (χ3n) is 2.81.